The van der Waals surface area contributed by atoms with Crippen molar-refractivity contribution >= 4 is 5.90 Å². The van der Waals surface area contributed by atoms with E-state index in [1.165, 1.54) is 19.6 Å². The number of rotatable bonds is 3. The first-order valence-corrected chi connectivity index (χ1v) is 2.77. The SMILES string of the molecule is CO/C=C/N=C(C)OCO. The molecule has 0 fully saturated rings. The highest BCUT2D eigenvalue weighted by molar-refractivity contribution is 5.73. The lowest BCUT2D eigenvalue weighted by atomic mass is 10.7. The standard InChI is InChI=1S/C6H11NO3/c1-6(10-5-8)7-3-4-9-2/h3-4,8H,5H2,1-2H3/b4-3+,7-6?. The fourth-order valence-corrected chi connectivity index (χ4v) is 0.327. The summed E-state index contributed by atoms with van der Waals surface area (Å²) in [7, 11) is 1.52. The monoisotopic (exact) mass is 145 g/mol. The van der Waals surface area contributed by atoms with Crippen LogP contribution in [0.5, 0.6) is 0 Å². The maximum Gasteiger partial charge on any atom is 0.187 e. The Bertz CT molecular complexity index is 131. The summed E-state index contributed by atoms with van der Waals surface area (Å²) in [6.45, 7) is 1.28. The van der Waals surface area contributed by atoms with Gasteiger partial charge in [-0.05, 0) is 0 Å². The number of aliphatic imine (C=N–C) groups is 1. The molecule has 0 saturated carbocycles. The second kappa shape index (κ2) is 6.10. The third kappa shape index (κ3) is 5.11. The predicted octanol–water partition coefficient (Wildman–Crippen LogP) is 0.489. The molecule has 0 spiro atoms. The van der Waals surface area contributed by atoms with E-state index < -0.39 is 0 Å². The Balaban J connectivity index is 3.56. The van der Waals surface area contributed by atoms with Crippen molar-refractivity contribution in [3.8, 4) is 0 Å². The van der Waals surface area contributed by atoms with E-state index >= 15 is 0 Å². The van der Waals surface area contributed by atoms with E-state index in [-0.39, 0.29) is 6.79 Å². The normalized spacial score (nSPS) is 12.1. The van der Waals surface area contributed by atoms with Gasteiger partial charge in [0.25, 0.3) is 0 Å². The summed E-state index contributed by atoms with van der Waals surface area (Å²) in [5.74, 6) is 0.399. The number of nitrogens with zero attached hydrogens (tertiary/aromatic N) is 1. The van der Waals surface area contributed by atoms with E-state index in [1.807, 2.05) is 0 Å². The Morgan fingerprint density at radius 2 is 2.40 bits per heavy atom. The van der Waals surface area contributed by atoms with Gasteiger partial charge >= 0.3 is 0 Å². The van der Waals surface area contributed by atoms with Gasteiger partial charge in [0.15, 0.2) is 12.7 Å². The molecule has 10 heavy (non-hydrogen) atoms. The van der Waals surface area contributed by atoms with Gasteiger partial charge in [0, 0.05) is 6.92 Å². The third-order valence-electron chi connectivity index (χ3n) is 0.727. The highest BCUT2D eigenvalue weighted by atomic mass is 16.6. The van der Waals surface area contributed by atoms with Crippen LogP contribution >= 0.6 is 0 Å². The second-order valence-electron chi connectivity index (χ2n) is 1.44. The minimum absolute atomic E-state index is 0.351. The van der Waals surface area contributed by atoms with Crippen LogP contribution in [0.15, 0.2) is 17.5 Å². The lowest BCUT2D eigenvalue weighted by Crippen LogP contribution is -1.98. The fraction of sp³-hybridized carbons (Fsp3) is 0.500. The molecule has 0 aliphatic heterocycles. The molecule has 0 aromatic carbocycles. The molecule has 0 aliphatic carbocycles. The van der Waals surface area contributed by atoms with Crippen LogP contribution in [0.4, 0.5) is 0 Å². The molecule has 0 aliphatic rings. The second-order valence-corrected chi connectivity index (χ2v) is 1.44. The number of aliphatic hydroxyl groups is 1. The molecule has 0 bridgehead atoms. The number of methoxy groups -OCH3 is 1. The van der Waals surface area contributed by atoms with Crippen LogP contribution in [0.3, 0.4) is 0 Å². The zero-order chi connectivity index (χ0) is 7.82. The van der Waals surface area contributed by atoms with Gasteiger partial charge in [0.1, 0.15) is 6.26 Å². The summed E-state index contributed by atoms with van der Waals surface area (Å²) in [5, 5.41) is 8.23. The van der Waals surface area contributed by atoms with Crippen molar-refractivity contribution in [3.05, 3.63) is 12.5 Å². The van der Waals surface area contributed by atoms with E-state index in [4.69, 9.17) is 5.11 Å². The Hall–Kier alpha value is -1.03. The van der Waals surface area contributed by atoms with E-state index in [2.05, 4.69) is 14.5 Å². The highest BCUT2D eigenvalue weighted by Gasteiger charge is 1.83. The van der Waals surface area contributed by atoms with Crippen LogP contribution in [0.2, 0.25) is 0 Å². The molecule has 0 atom stereocenters. The van der Waals surface area contributed by atoms with Crippen molar-refractivity contribution in [2.75, 3.05) is 13.9 Å². The maximum atomic E-state index is 8.23. The van der Waals surface area contributed by atoms with E-state index in [0.717, 1.165) is 0 Å². The van der Waals surface area contributed by atoms with Crippen molar-refractivity contribution in [3.63, 3.8) is 0 Å². The largest absolute Gasteiger partial charge is 0.503 e. The maximum absolute atomic E-state index is 8.23. The number of hydrogen-bond acceptors (Lipinski definition) is 4. The van der Waals surface area contributed by atoms with E-state index in [9.17, 15) is 0 Å². The van der Waals surface area contributed by atoms with Gasteiger partial charge in [-0.1, -0.05) is 0 Å². The van der Waals surface area contributed by atoms with E-state index in [1.54, 1.807) is 6.92 Å². The number of hydrogen-bond donors (Lipinski definition) is 1. The Morgan fingerprint density at radius 1 is 1.70 bits per heavy atom. The van der Waals surface area contributed by atoms with Gasteiger partial charge in [0.2, 0.25) is 0 Å². The average Bonchev–Trinajstić information content (AvgIpc) is 1.89. The van der Waals surface area contributed by atoms with Crippen molar-refractivity contribution in [2.45, 2.75) is 6.92 Å². The molecule has 4 heteroatoms. The zero-order valence-electron chi connectivity index (χ0n) is 6.07. The quantitative estimate of drug-likeness (QED) is 0.272. The summed E-state index contributed by atoms with van der Waals surface area (Å²) in [5.41, 5.74) is 0. The minimum atomic E-state index is -0.351. The van der Waals surface area contributed by atoms with Crippen molar-refractivity contribution in [2.24, 2.45) is 4.99 Å². The molecule has 0 unspecified atom stereocenters. The topological polar surface area (TPSA) is 51.0 Å². The van der Waals surface area contributed by atoms with Gasteiger partial charge in [-0.15, -0.1) is 0 Å². The van der Waals surface area contributed by atoms with Crippen molar-refractivity contribution in [1.82, 2.24) is 0 Å². The molecule has 0 aromatic rings. The third-order valence-corrected chi connectivity index (χ3v) is 0.727. The zero-order valence-corrected chi connectivity index (χ0v) is 6.07. The molecule has 0 aromatic heterocycles. The van der Waals surface area contributed by atoms with Gasteiger partial charge < -0.3 is 14.6 Å². The number of aliphatic hydroxyl groups excluding tert-OH is 1. The summed E-state index contributed by atoms with van der Waals surface area (Å²) >= 11 is 0. The Morgan fingerprint density at radius 3 is 2.90 bits per heavy atom. The molecule has 0 heterocycles. The first kappa shape index (κ1) is 8.97. The average molecular weight is 145 g/mol. The summed E-state index contributed by atoms with van der Waals surface area (Å²) < 4.78 is 9.15. The minimum Gasteiger partial charge on any atom is -0.503 e. The van der Waals surface area contributed by atoms with Crippen LogP contribution in [0.25, 0.3) is 0 Å². The molecule has 0 saturated heterocycles. The summed E-state index contributed by atoms with van der Waals surface area (Å²) in [4.78, 5) is 3.73. The summed E-state index contributed by atoms with van der Waals surface area (Å²) in [6, 6.07) is 0. The molecule has 1 N–H and O–H groups in total. The van der Waals surface area contributed by atoms with E-state index in [0.29, 0.717) is 5.90 Å². The first-order chi connectivity index (χ1) is 4.81. The molecule has 0 radical (unpaired) electrons. The molecule has 58 valence electrons. The Kier molecular flexibility index (Phi) is 5.47. The smallest absolute Gasteiger partial charge is 0.187 e. The lowest BCUT2D eigenvalue weighted by molar-refractivity contribution is 0.0875. The first-order valence-electron chi connectivity index (χ1n) is 2.77. The molecule has 0 amide bonds. The van der Waals surface area contributed by atoms with Crippen LogP contribution in [-0.2, 0) is 9.47 Å². The van der Waals surface area contributed by atoms with Crippen LogP contribution < -0.4 is 0 Å². The molecule has 4 nitrogen and oxygen atoms in total. The van der Waals surface area contributed by atoms with Crippen LogP contribution in [-0.4, -0.2) is 24.9 Å². The summed E-state index contributed by atoms with van der Waals surface area (Å²) in [6.07, 6.45) is 2.84. The van der Waals surface area contributed by atoms with Crippen molar-refractivity contribution in [1.29, 1.82) is 0 Å². The highest BCUT2D eigenvalue weighted by Crippen LogP contribution is 1.82. The molecule has 0 rings (SSSR count). The van der Waals surface area contributed by atoms with Gasteiger partial charge in [-0.25, -0.2) is 4.99 Å². The predicted molar refractivity (Wildman–Crippen MR) is 37.4 cm³/mol. The van der Waals surface area contributed by atoms with Gasteiger partial charge in [0.05, 0.1) is 13.3 Å². The number of ether oxygens (including phenoxy) is 2. The van der Waals surface area contributed by atoms with Gasteiger partial charge in [-0.3, -0.25) is 0 Å². The van der Waals surface area contributed by atoms with Gasteiger partial charge in [-0.2, -0.15) is 0 Å². The Labute approximate surface area is 59.8 Å². The van der Waals surface area contributed by atoms with Crippen molar-refractivity contribution < 1.29 is 14.6 Å². The fourth-order valence-electron chi connectivity index (χ4n) is 0.327. The van der Waals surface area contributed by atoms with Crippen LogP contribution in [0, 0.1) is 0 Å². The molecular formula is C6H11NO3. The molecular weight excluding hydrogens is 134 g/mol. The lowest BCUT2D eigenvalue weighted by Gasteiger charge is -1.96. The van der Waals surface area contributed by atoms with Crippen LogP contribution in [0.1, 0.15) is 6.92 Å².